The topological polar surface area (TPSA) is 17.1 Å². The predicted molar refractivity (Wildman–Crippen MR) is 67.1 cm³/mol. The number of hydrogen-bond acceptors (Lipinski definition) is 1. The molecular weight excluding hydrogens is 196 g/mol. The van der Waals surface area contributed by atoms with Gasteiger partial charge in [0.25, 0.3) is 0 Å². The minimum absolute atomic E-state index is 0.281. The third-order valence-corrected chi connectivity index (χ3v) is 4.23. The van der Waals surface area contributed by atoms with Gasteiger partial charge in [-0.3, -0.25) is 4.79 Å². The molecule has 0 aromatic carbocycles. The number of ketones is 1. The van der Waals surface area contributed by atoms with Gasteiger partial charge in [0, 0.05) is 11.8 Å². The SMILES string of the molecule is CC1CC=CCC1C(=O)C1CC=CCC1C. The highest BCUT2D eigenvalue weighted by atomic mass is 16.1. The number of carbonyl (C=O) groups excluding carboxylic acids is 1. The van der Waals surface area contributed by atoms with E-state index < -0.39 is 0 Å². The fraction of sp³-hybridized carbons (Fsp3) is 0.667. The summed E-state index contributed by atoms with van der Waals surface area (Å²) >= 11 is 0. The van der Waals surface area contributed by atoms with Crippen molar-refractivity contribution >= 4 is 5.78 Å². The van der Waals surface area contributed by atoms with E-state index in [1.807, 2.05) is 0 Å². The van der Waals surface area contributed by atoms with Crippen LogP contribution in [0.15, 0.2) is 24.3 Å². The smallest absolute Gasteiger partial charge is 0.140 e. The van der Waals surface area contributed by atoms with Gasteiger partial charge in [-0.25, -0.2) is 0 Å². The second-order valence-corrected chi connectivity index (χ2v) is 5.46. The fourth-order valence-corrected chi connectivity index (χ4v) is 2.97. The second kappa shape index (κ2) is 4.99. The Morgan fingerprint density at radius 2 is 1.19 bits per heavy atom. The molecule has 1 heteroatoms. The molecule has 0 aromatic rings. The van der Waals surface area contributed by atoms with Crippen LogP contribution in [0.4, 0.5) is 0 Å². The summed E-state index contributed by atoms with van der Waals surface area (Å²) in [4.78, 5) is 12.5. The molecule has 0 aromatic heterocycles. The molecule has 0 fully saturated rings. The van der Waals surface area contributed by atoms with Crippen LogP contribution >= 0.6 is 0 Å². The summed E-state index contributed by atoms with van der Waals surface area (Å²) < 4.78 is 0. The molecule has 0 saturated heterocycles. The molecule has 0 aliphatic heterocycles. The fourth-order valence-electron chi connectivity index (χ4n) is 2.97. The molecular formula is C15H22O. The Morgan fingerprint density at radius 1 is 0.812 bits per heavy atom. The van der Waals surface area contributed by atoms with Crippen molar-refractivity contribution in [3.8, 4) is 0 Å². The number of allylic oxidation sites excluding steroid dienone is 4. The molecule has 2 rings (SSSR count). The zero-order valence-electron chi connectivity index (χ0n) is 10.4. The summed E-state index contributed by atoms with van der Waals surface area (Å²) in [7, 11) is 0. The third kappa shape index (κ3) is 2.28. The summed E-state index contributed by atoms with van der Waals surface area (Å²) in [5.41, 5.74) is 0. The average Bonchev–Trinajstić information content (AvgIpc) is 2.29. The van der Waals surface area contributed by atoms with Crippen molar-refractivity contribution in [2.45, 2.75) is 39.5 Å². The van der Waals surface area contributed by atoms with E-state index >= 15 is 0 Å². The lowest BCUT2D eigenvalue weighted by Crippen LogP contribution is -2.33. The van der Waals surface area contributed by atoms with Gasteiger partial charge in [0.2, 0.25) is 0 Å². The molecule has 1 nitrogen and oxygen atoms in total. The zero-order valence-corrected chi connectivity index (χ0v) is 10.4. The zero-order chi connectivity index (χ0) is 11.5. The van der Waals surface area contributed by atoms with Crippen LogP contribution in [0.2, 0.25) is 0 Å². The molecule has 2 aliphatic rings. The van der Waals surface area contributed by atoms with Crippen molar-refractivity contribution in [1.82, 2.24) is 0 Å². The van der Waals surface area contributed by atoms with Gasteiger partial charge in [0.1, 0.15) is 5.78 Å². The number of carbonyl (C=O) groups is 1. The van der Waals surface area contributed by atoms with E-state index in [-0.39, 0.29) is 11.8 Å². The Morgan fingerprint density at radius 3 is 1.56 bits per heavy atom. The van der Waals surface area contributed by atoms with Crippen LogP contribution in [-0.2, 0) is 4.79 Å². The molecule has 0 radical (unpaired) electrons. The molecule has 0 bridgehead atoms. The molecule has 0 saturated carbocycles. The normalized spacial score (nSPS) is 38.6. The molecule has 2 aliphatic carbocycles. The maximum absolute atomic E-state index is 12.5. The highest BCUT2D eigenvalue weighted by Crippen LogP contribution is 2.34. The molecule has 4 atom stereocenters. The first-order valence-electron chi connectivity index (χ1n) is 6.54. The molecule has 88 valence electrons. The predicted octanol–water partition coefficient (Wildman–Crippen LogP) is 3.76. The lowest BCUT2D eigenvalue weighted by atomic mass is 9.72. The van der Waals surface area contributed by atoms with E-state index in [1.165, 1.54) is 0 Å². The molecule has 0 amide bonds. The monoisotopic (exact) mass is 218 g/mol. The Hall–Kier alpha value is -0.850. The van der Waals surface area contributed by atoms with E-state index in [9.17, 15) is 4.79 Å². The summed E-state index contributed by atoms with van der Waals surface area (Å²) in [6, 6.07) is 0. The van der Waals surface area contributed by atoms with Crippen LogP contribution in [-0.4, -0.2) is 5.78 Å². The highest BCUT2D eigenvalue weighted by molar-refractivity contribution is 5.84. The molecule has 0 spiro atoms. The van der Waals surface area contributed by atoms with Crippen LogP contribution in [0.1, 0.15) is 39.5 Å². The van der Waals surface area contributed by atoms with Crippen molar-refractivity contribution in [2.75, 3.05) is 0 Å². The van der Waals surface area contributed by atoms with E-state index in [0.29, 0.717) is 17.6 Å². The summed E-state index contributed by atoms with van der Waals surface area (Å²) in [5, 5.41) is 0. The highest BCUT2D eigenvalue weighted by Gasteiger charge is 2.33. The Balaban J connectivity index is 2.06. The van der Waals surface area contributed by atoms with Crippen molar-refractivity contribution in [2.24, 2.45) is 23.7 Å². The second-order valence-electron chi connectivity index (χ2n) is 5.46. The van der Waals surface area contributed by atoms with Gasteiger partial charge in [-0.2, -0.15) is 0 Å². The standard InChI is InChI=1S/C15H22O/c1-11-7-3-5-9-13(11)15(16)14-10-6-4-8-12(14)2/h3-6,11-14H,7-10H2,1-2H3. The lowest BCUT2D eigenvalue weighted by molar-refractivity contribution is -0.130. The van der Waals surface area contributed by atoms with Gasteiger partial charge in [-0.15, -0.1) is 0 Å². The number of rotatable bonds is 2. The Labute approximate surface area is 98.6 Å². The van der Waals surface area contributed by atoms with Crippen LogP contribution < -0.4 is 0 Å². The average molecular weight is 218 g/mol. The Kier molecular flexibility index (Phi) is 3.63. The third-order valence-electron chi connectivity index (χ3n) is 4.23. The largest absolute Gasteiger partial charge is 0.299 e. The van der Waals surface area contributed by atoms with Crippen molar-refractivity contribution in [3.05, 3.63) is 24.3 Å². The van der Waals surface area contributed by atoms with Crippen LogP contribution in [0.25, 0.3) is 0 Å². The maximum Gasteiger partial charge on any atom is 0.140 e. The van der Waals surface area contributed by atoms with Crippen LogP contribution in [0, 0.1) is 23.7 Å². The van der Waals surface area contributed by atoms with E-state index in [1.54, 1.807) is 0 Å². The summed E-state index contributed by atoms with van der Waals surface area (Å²) in [6.07, 6.45) is 12.9. The molecule has 4 unspecified atom stereocenters. The first-order chi connectivity index (χ1) is 7.70. The summed E-state index contributed by atoms with van der Waals surface area (Å²) in [6.45, 7) is 4.44. The first-order valence-corrected chi connectivity index (χ1v) is 6.54. The van der Waals surface area contributed by atoms with E-state index in [4.69, 9.17) is 0 Å². The van der Waals surface area contributed by atoms with Gasteiger partial charge >= 0.3 is 0 Å². The Bertz CT molecular complexity index is 283. The van der Waals surface area contributed by atoms with Gasteiger partial charge in [0.15, 0.2) is 0 Å². The van der Waals surface area contributed by atoms with E-state index in [2.05, 4.69) is 38.2 Å². The van der Waals surface area contributed by atoms with Crippen LogP contribution in [0.5, 0.6) is 0 Å². The quantitative estimate of drug-likeness (QED) is 0.645. The van der Waals surface area contributed by atoms with Crippen LogP contribution in [0.3, 0.4) is 0 Å². The van der Waals surface area contributed by atoms with E-state index in [0.717, 1.165) is 25.7 Å². The molecule has 0 heterocycles. The minimum Gasteiger partial charge on any atom is -0.299 e. The molecule has 0 N–H and O–H groups in total. The van der Waals surface area contributed by atoms with Crippen molar-refractivity contribution in [3.63, 3.8) is 0 Å². The van der Waals surface area contributed by atoms with Gasteiger partial charge in [-0.05, 0) is 37.5 Å². The van der Waals surface area contributed by atoms with Crippen molar-refractivity contribution < 1.29 is 4.79 Å². The maximum atomic E-state index is 12.5. The van der Waals surface area contributed by atoms with Gasteiger partial charge in [0.05, 0.1) is 0 Å². The van der Waals surface area contributed by atoms with Gasteiger partial charge in [-0.1, -0.05) is 38.2 Å². The van der Waals surface area contributed by atoms with Gasteiger partial charge < -0.3 is 0 Å². The first kappa shape index (κ1) is 11.6. The minimum atomic E-state index is 0.281. The molecule has 16 heavy (non-hydrogen) atoms. The summed E-state index contributed by atoms with van der Waals surface area (Å²) in [5.74, 6) is 2.16. The lowest BCUT2D eigenvalue weighted by Gasteiger charge is -2.31. The van der Waals surface area contributed by atoms with Crippen molar-refractivity contribution in [1.29, 1.82) is 0 Å². The number of Topliss-reactive ketones (excluding diaryl/α,β-unsaturated/α-hetero) is 1. The number of hydrogen-bond donors (Lipinski definition) is 0.